The fourth-order valence-corrected chi connectivity index (χ4v) is 3.70. The van der Waals surface area contributed by atoms with Gasteiger partial charge in [-0.15, -0.1) is 11.3 Å². The minimum Gasteiger partial charge on any atom is -0.322 e. The maximum atomic E-state index is 12.8. The van der Waals surface area contributed by atoms with E-state index in [0.29, 0.717) is 32.3 Å². The summed E-state index contributed by atoms with van der Waals surface area (Å²) < 4.78 is 1.71. The number of aromatic nitrogens is 4. The summed E-state index contributed by atoms with van der Waals surface area (Å²) in [6, 6.07) is 8.65. The Bertz CT molecular complexity index is 1230. The SMILES string of the molecule is C=CC(=O)Nc1csc(C(=O)Nc2nc3cccc(Cl)c3n2-c2ccnnc2)c1. The van der Waals surface area contributed by atoms with E-state index in [1.807, 2.05) is 0 Å². The topological polar surface area (TPSA) is 102 Å². The lowest BCUT2D eigenvalue weighted by molar-refractivity contribution is -0.111. The van der Waals surface area contributed by atoms with E-state index in [1.165, 1.54) is 17.5 Å². The van der Waals surface area contributed by atoms with Crippen molar-refractivity contribution >= 4 is 57.4 Å². The first-order chi connectivity index (χ1) is 14.1. The number of rotatable bonds is 5. The molecule has 0 aliphatic carbocycles. The van der Waals surface area contributed by atoms with Crippen LogP contribution in [0.3, 0.4) is 0 Å². The number of nitrogens with zero attached hydrogens (tertiary/aromatic N) is 4. The summed E-state index contributed by atoms with van der Waals surface area (Å²) in [5, 5.41) is 15.3. The van der Waals surface area contributed by atoms with Gasteiger partial charge in [0.2, 0.25) is 11.9 Å². The maximum Gasteiger partial charge on any atom is 0.268 e. The molecule has 1 aromatic carbocycles. The van der Waals surface area contributed by atoms with Crippen LogP contribution in [0, 0.1) is 0 Å². The van der Waals surface area contributed by atoms with Gasteiger partial charge in [-0.1, -0.05) is 24.2 Å². The monoisotopic (exact) mass is 424 g/mol. The lowest BCUT2D eigenvalue weighted by Gasteiger charge is -2.09. The Morgan fingerprint density at radius 1 is 1.21 bits per heavy atom. The molecule has 0 fully saturated rings. The van der Waals surface area contributed by atoms with Gasteiger partial charge in [-0.25, -0.2) is 4.98 Å². The van der Waals surface area contributed by atoms with Gasteiger partial charge in [0.05, 0.1) is 44.7 Å². The molecule has 4 aromatic rings. The van der Waals surface area contributed by atoms with Gasteiger partial charge < -0.3 is 5.32 Å². The van der Waals surface area contributed by atoms with Gasteiger partial charge in [0, 0.05) is 5.38 Å². The Balaban J connectivity index is 1.71. The fraction of sp³-hybridized carbons (Fsp3) is 0. The van der Waals surface area contributed by atoms with E-state index in [2.05, 4.69) is 32.4 Å². The summed E-state index contributed by atoms with van der Waals surface area (Å²) in [7, 11) is 0. The van der Waals surface area contributed by atoms with E-state index < -0.39 is 0 Å². The normalized spacial score (nSPS) is 10.7. The lowest BCUT2D eigenvalue weighted by Crippen LogP contribution is -2.14. The van der Waals surface area contributed by atoms with Crippen molar-refractivity contribution in [1.29, 1.82) is 0 Å². The molecule has 2 amide bonds. The van der Waals surface area contributed by atoms with Crippen molar-refractivity contribution in [1.82, 2.24) is 19.7 Å². The maximum absolute atomic E-state index is 12.8. The van der Waals surface area contributed by atoms with Crippen LogP contribution in [0.25, 0.3) is 16.7 Å². The highest BCUT2D eigenvalue weighted by molar-refractivity contribution is 7.12. The molecule has 0 aliphatic rings. The van der Waals surface area contributed by atoms with Crippen molar-refractivity contribution in [2.75, 3.05) is 10.6 Å². The first-order valence-corrected chi connectivity index (χ1v) is 9.60. The van der Waals surface area contributed by atoms with Crippen LogP contribution in [-0.2, 0) is 4.79 Å². The van der Waals surface area contributed by atoms with Gasteiger partial charge in [0.15, 0.2) is 0 Å². The Kier molecular flexibility index (Phi) is 5.07. The molecule has 4 rings (SSSR count). The minimum absolute atomic E-state index is 0.288. The van der Waals surface area contributed by atoms with Gasteiger partial charge in [-0.2, -0.15) is 10.2 Å². The smallest absolute Gasteiger partial charge is 0.268 e. The summed E-state index contributed by atoms with van der Waals surface area (Å²) in [4.78, 5) is 29.1. The summed E-state index contributed by atoms with van der Waals surface area (Å²) in [6.07, 6.45) is 4.25. The zero-order chi connectivity index (χ0) is 20.4. The van der Waals surface area contributed by atoms with Crippen LogP contribution in [0.4, 0.5) is 11.6 Å². The number of hydrogen-bond donors (Lipinski definition) is 2. The zero-order valence-electron chi connectivity index (χ0n) is 14.8. The average Bonchev–Trinajstić information content (AvgIpc) is 3.33. The zero-order valence-corrected chi connectivity index (χ0v) is 16.4. The Morgan fingerprint density at radius 2 is 2.07 bits per heavy atom. The second-order valence-electron chi connectivity index (χ2n) is 5.83. The average molecular weight is 425 g/mol. The number of nitrogens with one attached hydrogen (secondary N) is 2. The number of thiophene rings is 1. The second kappa shape index (κ2) is 7.82. The number of carbonyl (C=O) groups excluding carboxylic acids is 2. The Hall–Kier alpha value is -3.56. The fourth-order valence-electron chi connectivity index (χ4n) is 2.71. The predicted molar refractivity (Wildman–Crippen MR) is 113 cm³/mol. The largest absolute Gasteiger partial charge is 0.322 e. The number of halogens is 1. The van der Waals surface area contributed by atoms with Crippen LogP contribution < -0.4 is 10.6 Å². The van der Waals surface area contributed by atoms with E-state index in [4.69, 9.17) is 11.6 Å². The van der Waals surface area contributed by atoms with Crippen molar-refractivity contribution in [3.63, 3.8) is 0 Å². The lowest BCUT2D eigenvalue weighted by atomic mass is 10.3. The number of para-hydroxylation sites is 1. The number of imidazole rings is 1. The van der Waals surface area contributed by atoms with Gasteiger partial charge in [0.25, 0.3) is 5.91 Å². The summed E-state index contributed by atoms with van der Waals surface area (Å²) >= 11 is 7.58. The van der Waals surface area contributed by atoms with Crippen molar-refractivity contribution in [3.8, 4) is 5.69 Å². The Labute approximate surface area is 173 Å². The number of hydrogen-bond acceptors (Lipinski definition) is 6. The molecule has 0 spiro atoms. The van der Waals surface area contributed by atoms with E-state index >= 15 is 0 Å². The molecule has 3 aromatic heterocycles. The summed E-state index contributed by atoms with van der Waals surface area (Å²) in [6.45, 7) is 3.40. The number of amides is 2. The van der Waals surface area contributed by atoms with Crippen LogP contribution in [0.5, 0.6) is 0 Å². The molecule has 10 heteroatoms. The molecule has 0 unspecified atom stereocenters. The Morgan fingerprint density at radius 3 is 2.83 bits per heavy atom. The van der Waals surface area contributed by atoms with Crippen LogP contribution in [0.1, 0.15) is 9.67 Å². The molecule has 0 aliphatic heterocycles. The third kappa shape index (κ3) is 3.73. The number of anilines is 2. The van der Waals surface area contributed by atoms with E-state index in [9.17, 15) is 9.59 Å². The second-order valence-corrected chi connectivity index (χ2v) is 7.14. The highest BCUT2D eigenvalue weighted by Crippen LogP contribution is 2.30. The molecular weight excluding hydrogens is 412 g/mol. The van der Waals surface area contributed by atoms with E-state index in [-0.39, 0.29) is 17.8 Å². The minimum atomic E-state index is -0.371. The van der Waals surface area contributed by atoms with Crippen LogP contribution in [0.15, 0.2) is 60.8 Å². The molecule has 8 nitrogen and oxygen atoms in total. The highest BCUT2D eigenvalue weighted by atomic mass is 35.5. The molecular formula is C19H13ClN6O2S. The first-order valence-electron chi connectivity index (χ1n) is 8.34. The number of carbonyl (C=O) groups is 2. The number of fused-ring (bicyclic) bond motifs is 1. The van der Waals surface area contributed by atoms with Crippen molar-refractivity contribution in [2.24, 2.45) is 0 Å². The summed E-state index contributed by atoms with van der Waals surface area (Å²) in [5.41, 5.74) is 2.42. The predicted octanol–water partition coefficient (Wildman–Crippen LogP) is 3.91. The molecule has 0 saturated carbocycles. The van der Waals surface area contributed by atoms with Crippen molar-refractivity contribution < 1.29 is 9.59 Å². The van der Waals surface area contributed by atoms with Crippen molar-refractivity contribution in [3.05, 3.63) is 70.7 Å². The molecule has 2 N–H and O–H groups in total. The first kappa shape index (κ1) is 18.8. The molecule has 0 bridgehead atoms. The molecule has 0 saturated heterocycles. The van der Waals surface area contributed by atoms with Crippen molar-refractivity contribution in [2.45, 2.75) is 0 Å². The molecule has 0 radical (unpaired) electrons. The van der Waals surface area contributed by atoms with E-state index in [1.54, 1.807) is 46.5 Å². The highest BCUT2D eigenvalue weighted by Gasteiger charge is 2.19. The van der Waals surface area contributed by atoms with Crippen LogP contribution in [-0.4, -0.2) is 31.6 Å². The third-order valence-electron chi connectivity index (χ3n) is 3.96. The van der Waals surface area contributed by atoms with Gasteiger partial charge >= 0.3 is 0 Å². The van der Waals surface area contributed by atoms with E-state index in [0.717, 1.165) is 6.08 Å². The molecule has 3 heterocycles. The summed E-state index contributed by atoms with van der Waals surface area (Å²) in [5.74, 6) is -0.434. The van der Waals surface area contributed by atoms with Crippen LogP contribution in [0.2, 0.25) is 5.02 Å². The third-order valence-corrected chi connectivity index (χ3v) is 5.19. The van der Waals surface area contributed by atoms with Crippen LogP contribution >= 0.6 is 22.9 Å². The molecule has 29 heavy (non-hydrogen) atoms. The van der Waals surface area contributed by atoms with Gasteiger partial charge in [-0.3, -0.25) is 19.5 Å². The standard InChI is InChI=1S/C19H13ClN6O2S/c1-2-16(27)23-11-8-15(29-10-11)18(28)25-19-24-14-5-3-4-13(20)17(14)26(19)12-6-7-21-22-9-12/h2-10H,1H2,(H,23,27)(H,24,25,28). The van der Waals surface area contributed by atoms with Gasteiger partial charge in [0.1, 0.15) is 0 Å². The van der Waals surface area contributed by atoms with Gasteiger partial charge in [-0.05, 0) is 30.3 Å². The molecule has 0 atom stereocenters. The molecule has 144 valence electrons. The quantitative estimate of drug-likeness (QED) is 0.473. The number of benzene rings is 1.